The highest BCUT2D eigenvalue weighted by molar-refractivity contribution is 9.10. The molecule has 4 nitrogen and oxygen atoms in total. The number of carbonyl (C=O) groups is 1. The van der Waals surface area contributed by atoms with Crippen molar-refractivity contribution < 1.29 is 14.3 Å². The number of rotatable bonds is 5. The predicted molar refractivity (Wildman–Crippen MR) is 121 cm³/mol. The molecule has 1 aliphatic heterocycles. The number of hydrogen-bond donors (Lipinski definition) is 0. The van der Waals surface area contributed by atoms with Crippen molar-refractivity contribution >= 4 is 35.6 Å². The van der Waals surface area contributed by atoms with Crippen molar-refractivity contribution in [1.29, 1.82) is 0 Å². The molecule has 2 aromatic rings. The van der Waals surface area contributed by atoms with Crippen LogP contribution in [0.25, 0.3) is 0 Å². The first-order valence-corrected chi connectivity index (χ1v) is 13.9. The van der Waals surface area contributed by atoms with E-state index in [1.54, 1.807) is 26.4 Å². The summed E-state index contributed by atoms with van der Waals surface area (Å²) < 4.78 is 11.4. The Labute approximate surface area is 177 Å². The fourth-order valence-corrected chi connectivity index (χ4v) is 6.86. The zero-order valence-electron chi connectivity index (χ0n) is 17.3. The summed E-state index contributed by atoms with van der Waals surface area (Å²) in [6, 6.07) is 12.6. The van der Waals surface area contributed by atoms with Crippen molar-refractivity contribution in [2.75, 3.05) is 25.7 Å². The van der Waals surface area contributed by atoms with Crippen molar-refractivity contribution in [2.24, 2.45) is 0 Å². The molecule has 6 heteroatoms. The number of nitrogens with zero attached hydrogens (tertiary/aromatic N) is 1. The van der Waals surface area contributed by atoms with Crippen LogP contribution < -0.4 is 14.4 Å². The largest absolute Gasteiger partial charge is 0.493 e. The molecule has 2 aromatic carbocycles. The molecule has 150 valence electrons. The number of carbonyl (C=O) groups excluding carboxylic acids is 1. The maximum absolute atomic E-state index is 13.3. The van der Waals surface area contributed by atoms with Crippen molar-refractivity contribution in [3.8, 4) is 11.5 Å². The molecule has 0 atom stereocenters. The van der Waals surface area contributed by atoms with Crippen molar-refractivity contribution in [3.05, 3.63) is 51.5 Å². The third-order valence-electron chi connectivity index (χ3n) is 5.51. The topological polar surface area (TPSA) is 38.8 Å². The van der Waals surface area contributed by atoms with Gasteiger partial charge in [-0.1, -0.05) is 25.2 Å². The second-order valence-corrected chi connectivity index (χ2v) is 14.1. The minimum atomic E-state index is -1.11. The van der Waals surface area contributed by atoms with E-state index in [0.717, 1.165) is 12.1 Å². The average Bonchev–Trinajstić information content (AvgIpc) is 2.67. The van der Waals surface area contributed by atoms with Gasteiger partial charge in [-0.25, -0.2) is 0 Å². The van der Waals surface area contributed by atoms with Crippen LogP contribution in [0, 0.1) is 0 Å². The summed E-state index contributed by atoms with van der Waals surface area (Å²) in [7, 11) is 2.05. The number of anilines is 1. The van der Waals surface area contributed by atoms with E-state index in [-0.39, 0.29) is 5.91 Å². The summed E-state index contributed by atoms with van der Waals surface area (Å²) >= 11 is 3.52. The third-order valence-corrected chi connectivity index (χ3v) is 9.10. The van der Waals surface area contributed by atoms with Gasteiger partial charge in [0, 0.05) is 16.7 Å². The first-order valence-electron chi connectivity index (χ1n) is 9.65. The van der Waals surface area contributed by atoms with Crippen LogP contribution in [0.15, 0.2) is 34.8 Å². The minimum Gasteiger partial charge on any atom is -0.493 e. The van der Waals surface area contributed by atoms with Crippen LogP contribution in [-0.4, -0.2) is 34.7 Å². The molecule has 0 radical (unpaired) electrons. The maximum Gasteiger partial charge on any atom is 0.259 e. The third kappa shape index (κ3) is 4.13. The molecule has 1 heterocycles. The van der Waals surface area contributed by atoms with Gasteiger partial charge < -0.3 is 14.4 Å². The van der Waals surface area contributed by atoms with Crippen LogP contribution in [0.3, 0.4) is 0 Å². The van der Waals surface area contributed by atoms with Gasteiger partial charge in [-0.05, 0) is 70.7 Å². The second kappa shape index (κ2) is 8.29. The standard InChI is InChI=1S/C22H28BrNO3Si/c1-6-24(17-8-7-16-14-28(4,5)10-9-15(16)11-17)22(25)18-12-20(26-2)21(27-3)13-19(18)23/h7-8,11-13H,6,9-10,14H2,1-5H3. The highest BCUT2D eigenvalue weighted by Crippen LogP contribution is 2.35. The van der Waals surface area contributed by atoms with Crippen molar-refractivity contribution in [2.45, 2.75) is 38.5 Å². The van der Waals surface area contributed by atoms with Gasteiger partial charge >= 0.3 is 0 Å². The molecule has 0 bridgehead atoms. The first-order chi connectivity index (χ1) is 13.3. The van der Waals surface area contributed by atoms with Crippen molar-refractivity contribution in [1.82, 2.24) is 0 Å². The highest BCUT2D eigenvalue weighted by Gasteiger charge is 2.28. The molecular weight excluding hydrogens is 434 g/mol. The molecule has 0 aromatic heterocycles. The van der Waals surface area contributed by atoms with Crippen LogP contribution in [-0.2, 0) is 12.5 Å². The lowest BCUT2D eigenvalue weighted by molar-refractivity contribution is 0.0987. The molecule has 0 spiro atoms. The number of hydrogen-bond acceptors (Lipinski definition) is 3. The summed E-state index contributed by atoms with van der Waals surface area (Å²) in [4.78, 5) is 15.2. The van der Waals surface area contributed by atoms with Gasteiger partial charge in [-0.2, -0.15) is 0 Å². The number of ether oxygens (including phenoxy) is 2. The SMILES string of the molecule is CCN(C(=O)c1cc(OC)c(OC)cc1Br)c1ccc2c(c1)CC[Si](C)(C)C2. The van der Waals surface area contributed by atoms with Gasteiger partial charge in [0.1, 0.15) is 0 Å². The Morgan fingerprint density at radius 2 is 1.79 bits per heavy atom. The molecule has 0 N–H and O–H groups in total. The molecule has 28 heavy (non-hydrogen) atoms. The van der Waals surface area contributed by atoms with Gasteiger partial charge in [0.15, 0.2) is 11.5 Å². The van der Waals surface area contributed by atoms with E-state index in [9.17, 15) is 4.79 Å². The smallest absolute Gasteiger partial charge is 0.259 e. The normalized spacial score (nSPS) is 14.9. The van der Waals surface area contributed by atoms with E-state index in [2.05, 4.69) is 47.2 Å². The lowest BCUT2D eigenvalue weighted by Gasteiger charge is -2.31. The van der Waals surface area contributed by atoms with Crippen LogP contribution in [0.2, 0.25) is 19.1 Å². The molecule has 0 saturated heterocycles. The summed E-state index contributed by atoms with van der Waals surface area (Å²) in [5.74, 6) is 1.08. The zero-order chi connectivity index (χ0) is 20.5. The number of fused-ring (bicyclic) bond motifs is 1. The molecule has 0 fully saturated rings. The summed E-state index contributed by atoms with van der Waals surface area (Å²) in [5, 5.41) is 0. The Kier molecular flexibility index (Phi) is 6.20. The van der Waals surface area contributed by atoms with Crippen LogP contribution in [0.5, 0.6) is 11.5 Å². The van der Waals surface area contributed by atoms with E-state index in [0.29, 0.717) is 28.1 Å². The van der Waals surface area contributed by atoms with Crippen LogP contribution in [0.1, 0.15) is 28.4 Å². The molecular formula is C22H28BrNO3Si. The van der Waals surface area contributed by atoms with E-state index in [4.69, 9.17) is 9.47 Å². The number of amides is 1. The van der Waals surface area contributed by atoms with Gasteiger partial charge in [0.2, 0.25) is 0 Å². The number of halogens is 1. The number of benzene rings is 2. The van der Waals surface area contributed by atoms with E-state index < -0.39 is 8.07 Å². The van der Waals surface area contributed by atoms with Gasteiger partial charge in [0.05, 0.1) is 27.9 Å². The molecule has 0 aliphatic carbocycles. The quantitative estimate of drug-likeness (QED) is 0.553. The van der Waals surface area contributed by atoms with E-state index >= 15 is 0 Å². The number of methoxy groups -OCH3 is 2. The van der Waals surface area contributed by atoms with Gasteiger partial charge in [-0.15, -0.1) is 0 Å². The van der Waals surface area contributed by atoms with Crippen molar-refractivity contribution in [3.63, 3.8) is 0 Å². The highest BCUT2D eigenvalue weighted by atomic mass is 79.9. The Bertz CT molecular complexity index is 898. The molecule has 0 saturated carbocycles. The Hall–Kier alpha value is -1.79. The predicted octanol–water partition coefficient (Wildman–Crippen LogP) is 5.48. The zero-order valence-corrected chi connectivity index (χ0v) is 19.9. The number of aryl methyl sites for hydroxylation is 1. The summed E-state index contributed by atoms with van der Waals surface area (Å²) in [6.07, 6.45) is 1.12. The average molecular weight is 462 g/mol. The molecule has 1 amide bonds. The van der Waals surface area contributed by atoms with Gasteiger partial charge in [-0.3, -0.25) is 4.79 Å². The minimum absolute atomic E-state index is 0.0548. The fraction of sp³-hybridized carbons (Fsp3) is 0.409. The Morgan fingerprint density at radius 1 is 1.11 bits per heavy atom. The summed E-state index contributed by atoms with van der Waals surface area (Å²) in [5.41, 5.74) is 4.37. The lowest BCUT2D eigenvalue weighted by Crippen LogP contribution is -2.34. The monoisotopic (exact) mass is 461 g/mol. The molecule has 1 aliphatic rings. The Balaban J connectivity index is 1.95. The van der Waals surface area contributed by atoms with Gasteiger partial charge in [0.25, 0.3) is 5.91 Å². The van der Waals surface area contributed by atoms with E-state index in [1.165, 1.54) is 23.2 Å². The second-order valence-electron chi connectivity index (χ2n) is 8.03. The maximum atomic E-state index is 13.3. The molecule has 3 rings (SSSR count). The Morgan fingerprint density at radius 3 is 2.43 bits per heavy atom. The summed E-state index contributed by atoms with van der Waals surface area (Å²) in [6.45, 7) is 7.52. The van der Waals surface area contributed by atoms with E-state index in [1.807, 2.05) is 11.8 Å². The fourth-order valence-electron chi connectivity index (χ4n) is 3.87. The van der Waals surface area contributed by atoms with Crippen LogP contribution >= 0.6 is 15.9 Å². The first kappa shape index (κ1) is 20.9. The lowest BCUT2D eigenvalue weighted by atomic mass is 10.0. The van der Waals surface area contributed by atoms with Crippen LogP contribution in [0.4, 0.5) is 5.69 Å². The molecule has 0 unspecified atom stereocenters.